The van der Waals surface area contributed by atoms with Crippen molar-refractivity contribution in [2.75, 3.05) is 32.4 Å². The van der Waals surface area contributed by atoms with Crippen molar-refractivity contribution in [2.45, 2.75) is 25.5 Å². The Morgan fingerprint density at radius 2 is 1.86 bits per heavy atom. The smallest absolute Gasteiger partial charge is 0.153 e. The highest BCUT2D eigenvalue weighted by Crippen LogP contribution is 2.01. The summed E-state index contributed by atoms with van der Waals surface area (Å²) in [6.45, 7) is 5.55. The molecule has 0 atom stereocenters. The van der Waals surface area contributed by atoms with Crippen LogP contribution in [0.25, 0.3) is 0 Å². The Balaban J connectivity index is 3.82. The average molecular weight is 222 g/mol. The molecule has 4 nitrogen and oxygen atoms in total. The third kappa shape index (κ3) is 5.57. The van der Waals surface area contributed by atoms with Crippen molar-refractivity contribution < 1.29 is 8.42 Å². The second kappa shape index (κ2) is 6.37. The van der Waals surface area contributed by atoms with Crippen molar-refractivity contribution in [1.29, 1.82) is 0 Å². The fourth-order valence-electron chi connectivity index (χ4n) is 0.992. The number of hydrogen-bond acceptors (Lipinski definition) is 4. The zero-order valence-electron chi connectivity index (χ0n) is 9.36. The summed E-state index contributed by atoms with van der Waals surface area (Å²) in [6, 6.07) is 0. The summed E-state index contributed by atoms with van der Waals surface area (Å²) < 4.78 is 22.9. The number of nitrogens with zero attached hydrogens (tertiary/aromatic N) is 1. The molecule has 0 heterocycles. The van der Waals surface area contributed by atoms with E-state index in [0.29, 0.717) is 13.1 Å². The molecule has 0 aliphatic rings. The van der Waals surface area contributed by atoms with Crippen LogP contribution in [0.4, 0.5) is 0 Å². The maximum atomic E-state index is 11.5. The number of rotatable bonds is 7. The molecule has 0 rings (SSSR count). The van der Waals surface area contributed by atoms with Crippen molar-refractivity contribution in [3.8, 4) is 0 Å². The van der Waals surface area contributed by atoms with Gasteiger partial charge in [-0.2, -0.15) is 0 Å². The first-order chi connectivity index (χ1) is 6.40. The van der Waals surface area contributed by atoms with Gasteiger partial charge in [-0.25, -0.2) is 8.42 Å². The number of hydrogen-bond donors (Lipinski definition) is 1. The summed E-state index contributed by atoms with van der Waals surface area (Å²) in [5, 5.41) is -0.273. The second-order valence-corrected chi connectivity index (χ2v) is 6.54. The topological polar surface area (TPSA) is 63.4 Å². The molecule has 14 heavy (non-hydrogen) atoms. The number of nitrogens with two attached hydrogens (primary N) is 1. The molecule has 0 aliphatic carbocycles. The van der Waals surface area contributed by atoms with Gasteiger partial charge in [-0.3, -0.25) is 0 Å². The van der Waals surface area contributed by atoms with E-state index in [9.17, 15) is 8.42 Å². The van der Waals surface area contributed by atoms with Gasteiger partial charge in [0.15, 0.2) is 9.84 Å². The van der Waals surface area contributed by atoms with Crippen LogP contribution in [0.2, 0.25) is 0 Å². The van der Waals surface area contributed by atoms with E-state index in [0.717, 1.165) is 13.0 Å². The standard InChI is InChI=1S/C9H22N2O2S/c1-9(2)14(12,13)8-7-11(3)6-4-5-10/h9H,4-8,10H2,1-3H3. The van der Waals surface area contributed by atoms with Crippen LogP contribution in [0.5, 0.6) is 0 Å². The van der Waals surface area contributed by atoms with Crippen molar-refractivity contribution >= 4 is 9.84 Å². The highest BCUT2D eigenvalue weighted by atomic mass is 32.2. The van der Waals surface area contributed by atoms with Gasteiger partial charge in [0, 0.05) is 6.54 Å². The lowest BCUT2D eigenvalue weighted by atomic mass is 10.4. The fourth-order valence-corrected chi connectivity index (χ4v) is 2.03. The van der Waals surface area contributed by atoms with E-state index in [4.69, 9.17) is 5.73 Å². The molecule has 86 valence electrons. The zero-order valence-corrected chi connectivity index (χ0v) is 10.2. The lowest BCUT2D eigenvalue weighted by Crippen LogP contribution is -2.30. The molecule has 0 unspecified atom stereocenters. The van der Waals surface area contributed by atoms with Gasteiger partial charge in [-0.05, 0) is 40.4 Å². The zero-order chi connectivity index (χ0) is 11.2. The summed E-state index contributed by atoms with van der Waals surface area (Å²) in [4.78, 5) is 2.01. The van der Waals surface area contributed by atoms with Crippen LogP contribution >= 0.6 is 0 Å². The summed E-state index contributed by atoms with van der Waals surface area (Å²) in [5.74, 6) is 0.242. The molecule has 5 heteroatoms. The maximum absolute atomic E-state index is 11.5. The molecule has 0 bridgehead atoms. The van der Waals surface area contributed by atoms with Crippen molar-refractivity contribution in [3.63, 3.8) is 0 Å². The van der Waals surface area contributed by atoms with Gasteiger partial charge in [-0.15, -0.1) is 0 Å². The summed E-state index contributed by atoms with van der Waals surface area (Å²) in [6.07, 6.45) is 0.915. The van der Waals surface area contributed by atoms with Crippen molar-refractivity contribution in [2.24, 2.45) is 5.73 Å². The quantitative estimate of drug-likeness (QED) is 0.663. The molecule has 0 fully saturated rings. The van der Waals surface area contributed by atoms with E-state index in [2.05, 4.69) is 0 Å². The Morgan fingerprint density at radius 1 is 1.29 bits per heavy atom. The predicted octanol–water partition coefficient (Wildman–Crippen LogP) is 0.0902. The molecule has 0 amide bonds. The Morgan fingerprint density at radius 3 is 2.29 bits per heavy atom. The Kier molecular flexibility index (Phi) is 6.31. The lowest BCUT2D eigenvalue weighted by molar-refractivity contribution is 0.349. The minimum absolute atomic E-state index is 0.242. The van der Waals surface area contributed by atoms with Crippen LogP contribution in [0.3, 0.4) is 0 Å². The number of sulfone groups is 1. The molecule has 0 aromatic rings. The third-order valence-electron chi connectivity index (χ3n) is 2.22. The molecular weight excluding hydrogens is 200 g/mol. The van der Waals surface area contributed by atoms with Crippen LogP contribution in [0.15, 0.2) is 0 Å². The highest BCUT2D eigenvalue weighted by molar-refractivity contribution is 7.92. The molecule has 0 saturated carbocycles. The molecular formula is C9H22N2O2S. The molecule has 0 aromatic heterocycles. The van der Waals surface area contributed by atoms with Crippen LogP contribution < -0.4 is 5.73 Å². The molecule has 0 aromatic carbocycles. The van der Waals surface area contributed by atoms with Gasteiger partial charge in [0.25, 0.3) is 0 Å². The highest BCUT2D eigenvalue weighted by Gasteiger charge is 2.16. The van der Waals surface area contributed by atoms with Crippen LogP contribution in [0, 0.1) is 0 Å². The summed E-state index contributed by atoms with van der Waals surface area (Å²) >= 11 is 0. The van der Waals surface area contributed by atoms with E-state index in [1.807, 2.05) is 11.9 Å². The lowest BCUT2D eigenvalue weighted by Gasteiger charge is -2.16. The molecule has 0 spiro atoms. The van der Waals surface area contributed by atoms with Gasteiger partial charge in [0.1, 0.15) is 0 Å². The first-order valence-corrected chi connectivity index (χ1v) is 6.72. The largest absolute Gasteiger partial charge is 0.330 e. The molecule has 0 radical (unpaired) electrons. The Labute approximate surface area is 87.4 Å². The summed E-state index contributed by atoms with van der Waals surface area (Å²) in [7, 11) is -0.969. The molecule has 2 N–H and O–H groups in total. The average Bonchev–Trinajstić information content (AvgIpc) is 2.11. The van der Waals surface area contributed by atoms with Gasteiger partial charge < -0.3 is 10.6 Å². The first-order valence-electron chi connectivity index (χ1n) is 5.00. The van der Waals surface area contributed by atoms with E-state index >= 15 is 0 Å². The van der Waals surface area contributed by atoms with E-state index < -0.39 is 9.84 Å². The van der Waals surface area contributed by atoms with Crippen molar-refractivity contribution in [3.05, 3.63) is 0 Å². The maximum Gasteiger partial charge on any atom is 0.153 e. The Hall–Kier alpha value is -0.130. The van der Waals surface area contributed by atoms with Gasteiger partial charge >= 0.3 is 0 Å². The normalized spacial score (nSPS) is 12.7. The predicted molar refractivity (Wildman–Crippen MR) is 60.1 cm³/mol. The van der Waals surface area contributed by atoms with Crippen molar-refractivity contribution in [1.82, 2.24) is 4.90 Å². The summed E-state index contributed by atoms with van der Waals surface area (Å²) in [5.41, 5.74) is 5.36. The first kappa shape index (κ1) is 13.9. The van der Waals surface area contributed by atoms with Gasteiger partial charge in [0.05, 0.1) is 11.0 Å². The second-order valence-electron chi connectivity index (χ2n) is 3.86. The third-order valence-corrected chi connectivity index (χ3v) is 4.41. The van der Waals surface area contributed by atoms with E-state index in [1.165, 1.54) is 0 Å². The fraction of sp³-hybridized carbons (Fsp3) is 1.00. The molecule has 0 saturated heterocycles. The van der Waals surface area contributed by atoms with E-state index in [1.54, 1.807) is 13.8 Å². The SMILES string of the molecule is CC(C)S(=O)(=O)CCN(C)CCCN. The Bertz CT molecular complexity index is 237. The van der Waals surface area contributed by atoms with Crippen LogP contribution in [0.1, 0.15) is 20.3 Å². The monoisotopic (exact) mass is 222 g/mol. The van der Waals surface area contributed by atoms with Gasteiger partial charge in [-0.1, -0.05) is 0 Å². The van der Waals surface area contributed by atoms with E-state index in [-0.39, 0.29) is 11.0 Å². The minimum atomic E-state index is -2.89. The molecule has 0 aliphatic heterocycles. The van der Waals surface area contributed by atoms with Gasteiger partial charge in [0.2, 0.25) is 0 Å². The van der Waals surface area contributed by atoms with Crippen LogP contribution in [-0.2, 0) is 9.84 Å². The van der Waals surface area contributed by atoms with Crippen LogP contribution in [-0.4, -0.2) is 51.0 Å². The minimum Gasteiger partial charge on any atom is -0.330 e.